The Balaban J connectivity index is 2.08. The highest BCUT2D eigenvalue weighted by Gasteiger charge is 2.18. The zero-order valence-electron chi connectivity index (χ0n) is 10.4. The summed E-state index contributed by atoms with van der Waals surface area (Å²) in [6, 6.07) is 1.90. The average Bonchev–Trinajstić information content (AvgIpc) is 2.97. The lowest BCUT2D eigenvalue weighted by molar-refractivity contribution is 0.432. The first-order valence-corrected chi connectivity index (χ1v) is 6.41. The van der Waals surface area contributed by atoms with Crippen LogP contribution in [0, 0.1) is 13.8 Å². The minimum atomic E-state index is 0.391. The molecule has 0 radical (unpaired) electrons. The van der Waals surface area contributed by atoms with E-state index in [1.165, 1.54) is 11.5 Å². The fourth-order valence-corrected chi connectivity index (χ4v) is 2.43. The van der Waals surface area contributed by atoms with Crippen molar-refractivity contribution in [2.45, 2.75) is 13.8 Å². The van der Waals surface area contributed by atoms with Crippen molar-refractivity contribution in [2.75, 3.05) is 5.73 Å². The molecule has 19 heavy (non-hydrogen) atoms. The van der Waals surface area contributed by atoms with Gasteiger partial charge in [0.25, 0.3) is 5.89 Å². The molecule has 3 aromatic heterocycles. The van der Waals surface area contributed by atoms with Crippen LogP contribution in [-0.4, -0.2) is 19.5 Å². The first-order valence-electron chi connectivity index (χ1n) is 5.63. The molecule has 0 saturated carbocycles. The van der Waals surface area contributed by atoms with Crippen molar-refractivity contribution in [1.82, 2.24) is 19.5 Å². The van der Waals surface area contributed by atoms with E-state index in [9.17, 15) is 0 Å². The van der Waals surface area contributed by atoms with Gasteiger partial charge in [0, 0.05) is 18.0 Å². The maximum absolute atomic E-state index is 5.87. The van der Waals surface area contributed by atoms with Crippen molar-refractivity contribution in [2.24, 2.45) is 0 Å². The van der Waals surface area contributed by atoms with Gasteiger partial charge in [0.15, 0.2) is 0 Å². The predicted molar refractivity (Wildman–Crippen MR) is 72.5 cm³/mol. The summed E-state index contributed by atoms with van der Waals surface area (Å²) in [6.45, 7) is 3.83. The highest BCUT2D eigenvalue weighted by molar-refractivity contribution is 7.10. The molecule has 0 bridgehead atoms. The molecule has 0 atom stereocenters. The van der Waals surface area contributed by atoms with Crippen LogP contribution in [0.5, 0.6) is 0 Å². The molecule has 0 aliphatic heterocycles. The summed E-state index contributed by atoms with van der Waals surface area (Å²) in [5.41, 5.74) is 9.25. The van der Waals surface area contributed by atoms with Crippen molar-refractivity contribution in [3.63, 3.8) is 0 Å². The van der Waals surface area contributed by atoms with E-state index < -0.39 is 0 Å². The van der Waals surface area contributed by atoms with Crippen LogP contribution in [0.25, 0.3) is 22.8 Å². The van der Waals surface area contributed by atoms with E-state index in [0.29, 0.717) is 22.3 Å². The first-order chi connectivity index (χ1) is 9.16. The molecule has 3 rings (SSSR count). The largest absolute Gasteiger partial charge is 0.389 e. The summed E-state index contributed by atoms with van der Waals surface area (Å²) in [4.78, 5) is 8.45. The van der Waals surface area contributed by atoms with Crippen LogP contribution >= 0.6 is 11.5 Å². The van der Waals surface area contributed by atoms with Gasteiger partial charge in [0.05, 0.1) is 11.3 Å². The second kappa shape index (κ2) is 4.43. The number of nitrogen functional groups attached to an aromatic ring is 1. The van der Waals surface area contributed by atoms with Gasteiger partial charge in [0.1, 0.15) is 5.00 Å². The molecule has 0 spiro atoms. The van der Waals surface area contributed by atoms with Crippen LogP contribution < -0.4 is 5.73 Å². The molecule has 0 aliphatic carbocycles. The molecule has 2 N–H and O–H groups in total. The lowest BCUT2D eigenvalue weighted by Crippen LogP contribution is -1.88. The van der Waals surface area contributed by atoms with Crippen LogP contribution in [0.1, 0.15) is 11.3 Å². The highest BCUT2D eigenvalue weighted by atomic mass is 32.1. The van der Waals surface area contributed by atoms with Crippen LogP contribution in [0.15, 0.2) is 23.0 Å². The zero-order chi connectivity index (χ0) is 13.4. The molecule has 0 aliphatic rings. The summed E-state index contributed by atoms with van der Waals surface area (Å²) in [5.74, 6) is 0.896. The monoisotopic (exact) mass is 273 g/mol. The fraction of sp³-hybridized carbons (Fsp3) is 0.167. The fourth-order valence-electron chi connectivity index (χ4n) is 1.78. The van der Waals surface area contributed by atoms with Crippen LogP contribution in [-0.2, 0) is 0 Å². The summed E-state index contributed by atoms with van der Waals surface area (Å²) in [6.07, 6.45) is 3.44. The quantitative estimate of drug-likeness (QED) is 0.771. The second-order valence-electron chi connectivity index (χ2n) is 4.12. The number of nitrogens with two attached hydrogens (primary N) is 1. The Labute approximate surface area is 113 Å². The van der Waals surface area contributed by atoms with Gasteiger partial charge in [-0.1, -0.05) is 5.16 Å². The molecule has 0 amide bonds. The Morgan fingerprint density at radius 1 is 1.32 bits per heavy atom. The van der Waals surface area contributed by atoms with Gasteiger partial charge in [-0.3, -0.25) is 4.98 Å². The van der Waals surface area contributed by atoms with E-state index in [1.54, 1.807) is 12.4 Å². The van der Waals surface area contributed by atoms with Crippen molar-refractivity contribution in [3.05, 3.63) is 29.7 Å². The van der Waals surface area contributed by atoms with E-state index in [0.717, 1.165) is 16.8 Å². The maximum atomic E-state index is 5.87. The molecule has 3 heterocycles. The lowest BCUT2D eigenvalue weighted by Gasteiger charge is -1.97. The van der Waals surface area contributed by atoms with Crippen molar-refractivity contribution in [1.29, 1.82) is 0 Å². The Kier molecular flexibility index (Phi) is 2.75. The predicted octanol–water partition coefficient (Wildman–Crippen LogP) is 2.45. The van der Waals surface area contributed by atoms with Crippen LogP contribution in [0.4, 0.5) is 5.00 Å². The molecule has 0 unspecified atom stereocenters. The van der Waals surface area contributed by atoms with Gasteiger partial charge < -0.3 is 10.3 Å². The van der Waals surface area contributed by atoms with Crippen molar-refractivity contribution >= 4 is 16.5 Å². The summed E-state index contributed by atoms with van der Waals surface area (Å²) >= 11 is 1.22. The Bertz CT molecular complexity index is 714. The van der Waals surface area contributed by atoms with Gasteiger partial charge >= 0.3 is 0 Å². The van der Waals surface area contributed by atoms with Gasteiger partial charge in [-0.15, -0.1) is 0 Å². The smallest absolute Gasteiger partial charge is 0.263 e. The molecule has 0 saturated heterocycles. The van der Waals surface area contributed by atoms with Crippen molar-refractivity contribution < 1.29 is 4.52 Å². The van der Waals surface area contributed by atoms with Crippen LogP contribution in [0.3, 0.4) is 0 Å². The van der Waals surface area contributed by atoms with Crippen LogP contribution in [0.2, 0.25) is 0 Å². The number of aryl methyl sites for hydroxylation is 2. The SMILES string of the molecule is Cc1ccncc1-c1noc(-c2c(C)nsc2N)n1. The topological polar surface area (TPSA) is 90.7 Å². The number of anilines is 1. The number of nitrogens with zero attached hydrogens (tertiary/aromatic N) is 4. The third-order valence-corrected chi connectivity index (χ3v) is 3.57. The van der Waals surface area contributed by atoms with E-state index in [1.807, 2.05) is 19.9 Å². The molecule has 7 heteroatoms. The first kappa shape index (κ1) is 11.8. The molecule has 0 fully saturated rings. The molecule has 0 aromatic carbocycles. The Morgan fingerprint density at radius 3 is 2.84 bits per heavy atom. The number of hydrogen-bond donors (Lipinski definition) is 1. The lowest BCUT2D eigenvalue weighted by atomic mass is 10.1. The summed E-state index contributed by atoms with van der Waals surface area (Å²) in [7, 11) is 0. The normalized spacial score (nSPS) is 10.8. The average molecular weight is 273 g/mol. The highest BCUT2D eigenvalue weighted by Crippen LogP contribution is 2.32. The van der Waals surface area contributed by atoms with E-state index in [2.05, 4.69) is 19.5 Å². The van der Waals surface area contributed by atoms with Gasteiger partial charge in [0.2, 0.25) is 5.82 Å². The second-order valence-corrected chi connectivity index (χ2v) is 4.93. The number of pyridine rings is 1. The van der Waals surface area contributed by atoms with E-state index >= 15 is 0 Å². The van der Waals surface area contributed by atoms with Crippen molar-refractivity contribution in [3.8, 4) is 22.8 Å². The number of rotatable bonds is 2. The molecule has 3 aromatic rings. The minimum absolute atomic E-state index is 0.391. The van der Waals surface area contributed by atoms with Gasteiger partial charge in [-0.05, 0) is 37.0 Å². The molecule has 6 nitrogen and oxygen atoms in total. The van der Waals surface area contributed by atoms with Gasteiger partial charge in [-0.2, -0.15) is 9.36 Å². The molecular formula is C12H11N5OS. The minimum Gasteiger partial charge on any atom is -0.389 e. The number of hydrogen-bond acceptors (Lipinski definition) is 7. The van der Waals surface area contributed by atoms with E-state index in [4.69, 9.17) is 10.3 Å². The maximum Gasteiger partial charge on any atom is 0.263 e. The molecular weight excluding hydrogens is 262 g/mol. The van der Waals surface area contributed by atoms with Gasteiger partial charge in [-0.25, -0.2) is 0 Å². The summed E-state index contributed by atoms with van der Waals surface area (Å²) in [5, 5.41) is 4.56. The third kappa shape index (κ3) is 1.97. The Hall–Kier alpha value is -2.28. The Morgan fingerprint density at radius 2 is 2.16 bits per heavy atom. The standard InChI is InChI=1S/C12H11N5OS/c1-6-3-4-14-5-8(6)11-15-12(18-16-11)9-7(2)17-19-10(9)13/h3-5H,13H2,1-2H3. The third-order valence-electron chi connectivity index (χ3n) is 2.81. The summed E-state index contributed by atoms with van der Waals surface area (Å²) < 4.78 is 9.45. The van der Waals surface area contributed by atoms with E-state index in [-0.39, 0.29) is 0 Å². The number of aromatic nitrogens is 4. The molecule has 96 valence electrons. The zero-order valence-corrected chi connectivity index (χ0v) is 11.2.